The van der Waals surface area contributed by atoms with E-state index in [1.807, 2.05) is 44.9 Å². The number of methoxy groups -OCH3 is 1. The van der Waals surface area contributed by atoms with Crippen molar-refractivity contribution < 1.29 is 33.8 Å². The number of imidazole rings is 1. The zero-order chi connectivity index (χ0) is 40.5. The standard InChI is InChI=1S/C43H53N7O7/c1-23(2)31(18-30(52)22-51)42(55)49-10-6-8-36(49)34-17-29(20-44-34)26-12-25-14-28-16-35(46-33(28)15-27(25)13-26)41(54)48-38-21-45-40(47-38)37-9-7-11-50(37)43(56)32(24(3)4)19-39(53)57-5/h13-16,20-21,23-24,31-32,36-37,46,51H,6-12,17-19,22H2,1-5H3,(H,45,47)(H,48,54)/t31?,32-,36?,37?/m0/s1. The Morgan fingerprint density at radius 1 is 0.895 bits per heavy atom. The number of ether oxygens (including phenoxy) is 1. The van der Waals surface area contributed by atoms with Crippen molar-refractivity contribution in [1.29, 1.82) is 0 Å². The summed E-state index contributed by atoms with van der Waals surface area (Å²) in [6.07, 6.45) is 10.4. The first kappa shape index (κ1) is 39.8. The van der Waals surface area contributed by atoms with Gasteiger partial charge in [-0.1, -0.05) is 33.8 Å². The minimum atomic E-state index is -0.551. The summed E-state index contributed by atoms with van der Waals surface area (Å²) in [6, 6.07) is 5.63. The lowest BCUT2D eigenvalue weighted by Gasteiger charge is -2.30. The number of H-pyrrole nitrogens is 2. The second kappa shape index (κ2) is 16.6. The number of nitrogens with zero attached hydrogens (tertiary/aromatic N) is 4. The van der Waals surface area contributed by atoms with Crippen LogP contribution in [0.2, 0.25) is 0 Å². The van der Waals surface area contributed by atoms with Gasteiger partial charge in [0.2, 0.25) is 11.8 Å². The molecule has 4 N–H and O–H groups in total. The van der Waals surface area contributed by atoms with E-state index in [-0.39, 0.29) is 60.3 Å². The second-order valence-corrected chi connectivity index (χ2v) is 16.5. The minimum absolute atomic E-state index is 0.0186. The largest absolute Gasteiger partial charge is 0.469 e. The van der Waals surface area contributed by atoms with Crippen LogP contribution in [0.3, 0.4) is 0 Å². The second-order valence-electron chi connectivity index (χ2n) is 16.5. The molecule has 5 heterocycles. The zero-order valence-corrected chi connectivity index (χ0v) is 33.4. The highest BCUT2D eigenvalue weighted by Gasteiger charge is 2.40. The maximum atomic E-state index is 13.6. The third kappa shape index (κ3) is 8.23. The van der Waals surface area contributed by atoms with E-state index in [9.17, 15) is 29.1 Å². The van der Waals surface area contributed by atoms with Crippen LogP contribution in [0, 0.1) is 23.7 Å². The molecular formula is C43H53N7O7. The molecule has 14 heteroatoms. The number of aliphatic hydroxyl groups excluding tert-OH is 1. The van der Waals surface area contributed by atoms with Crippen LogP contribution in [0.1, 0.15) is 106 Å². The van der Waals surface area contributed by atoms with Gasteiger partial charge in [-0.05, 0) is 84.4 Å². The molecule has 1 aromatic carbocycles. The summed E-state index contributed by atoms with van der Waals surface area (Å²) in [5.74, 6) is -1.18. The smallest absolute Gasteiger partial charge is 0.306 e. The number of benzene rings is 1. The lowest BCUT2D eigenvalue weighted by Crippen LogP contribution is -2.45. The molecule has 3 amide bonds. The maximum Gasteiger partial charge on any atom is 0.306 e. The molecule has 1 aliphatic carbocycles. The van der Waals surface area contributed by atoms with Crippen molar-refractivity contribution in [2.45, 2.75) is 91.1 Å². The molecule has 57 heavy (non-hydrogen) atoms. The third-order valence-corrected chi connectivity index (χ3v) is 12.1. The summed E-state index contributed by atoms with van der Waals surface area (Å²) in [7, 11) is 1.33. The van der Waals surface area contributed by atoms with Crippen molar-refractivity contribution in [3.8, 4) is 0 Å². The number of aliphatic imine (C=N–C) groups is 1. The predicted octanol–water partition coefficient (Wildman–Crippen LogP) is 5.52. The van der Waals surface area contributed by atoms with E-state index in [2.05, 4.69) is 38.5 Å². The number of likely N-dealkylation sites (tertiary alicyclic amines) is 2. The molecule has 3 aromatic rings. The van der Waals surface area contributed by atoms with Gasteiger partial charge in [0.1, 0.15) is 23.9 Å². The number of carbonyl (C=O) groups is 5. The topological polar surface area (TPSA) is 190 Å². The van der Waals surface area contributed by atoms with E-state index in [1.54, 1.807) is 11.1 Å². The van der Waals surface area contributed by atoms with Gasteiger partial charge in [0.05, 0.1) is 37.7 Å². The summed E-state index contributed by atoms with van der Waals surface area (Å²) in [4.78, 5) is 84.2. The predicted molar refractivity (Wildman–Crippen MR) is 215 cm³/mol. The Kier molecular flexibility index (Phi) is 11.6. The Hall–Kier alpha value is -5.37. The average Bonchev–Trinajstić information content (AvgIpc) is 4.04. The van der Waals surface area contributed by atoms with Crippen LogP contribution < -0.4 is 5.32 Å². The van der Waals surface area contributed by atoms with E-state index in [1.165, 1.54) is 12.7 Å². The van der Waals surface area contributed by atoms with Crippen molar-refractivity contribution in [1.82, 2.24) is 24.8 Å². The number of aromatic nitrogens is 3. The number of carbonyl (C=O) groups excluding carboxylic acids is 5. The molecular weight excluding hydrogens is 727 g/mol. The van der Waals surface area contributed by atoms with Crippen LogP contribution in [0.5, 0.6) is 0 Å². The van der Waals surface area contributed by atoms with Crippen LogP contribution in [-0.2, 0) is 30.3 Å². The maximum absolute atomic E-state index is 13.6. The van der Waals surface area contributed by atoms with Crippen LogP contribution in [0.25, 0.3) is 17.0 Å². The highest BCUT2D eigenvalue weighted by Crippen LogP contribution is 2.38. The fourth-order valence-electron chi connectivity index (χ4n) is 8.82. The number of aromatic amines is 2. The molecule has 7 rings (SSSR count). The first-order valence-electron chi connectivity index (χ1n) is 20.1. The van der Waals surface area contributed by atoms with Crippen molar-refractivity contribution in [3.05, 3.63) is 64.4 Å². The molecule has 3 aliphatic heterocycles. The van der Waals surface area contributed by atoms with Crippen molar-refractivity contribution >= 4 is 58.0 Å². The molecule has 0 radical (unpaired) electrons. The highest BCUT2D eigenvalue weighted by molar-refractivity contribution is 6.06. The lowest BCUT2D eigenvalue weighted by molar-refractivity contribution is -0.148. The van der Waals surface area contributed by atoms with E-state index >= 15 is 0 Å². The number of nitrogens with one attached hydrogen (secondary N) is 3. The molecule has 4 aliphatic rings. The lowest BCUT2D eigenvalue weighted by atomic mass is 9.88. The molecule has 0 saturated carbocycles. The van der Waals surface area contributed by atoms with Gasteiger partial charge in [0, 0.05) is 54.7 Å². The minimum Gasteiger partial charge on any atom is -0.469 e. The van der Waals surface area contributed by atoms with Crippen LogP contribution in [0.4, 0.5) is 5.82 Å². The number of hydrogen-bond acceptors (Lipinski definition) is 9. The van der Waals surface area contributed by atoms with Crippen LogP contribution >= 0.6 is 0 Å². The Morgan fingerprint density at radius 3 is 2.26 bits per heavy atom. The number of fused-ring (bicyclic) bond motifs is 2. The van der Waals surface area contributed by atoms with Gasteiger partial charge >= 0.3 is 5.97 Å². The molecule has 0 spiro atoms. The fourth-order valence-corrected chi connectivity index (χ4v) is 8.82. The van der Waals surface area contributed by atoms with Gasteiger partial charge in [-0.2, -0.15) is 0 Å². The first-order chi connectivity index (χ1) is 27.3. The SMILES string of the molecule is COC(=O)C[C@H](C(=O)N1CCCC1c1ncc(NC(=O)c2cc3cc4c(cc3[nH]2)C=C(C2=CN=C(C3CCCN3C(=O)C(CC(=O)CO)C(C)C)C2)C4)[nH]1)C(C)C. The Bertz CT molecular complexity index is 2180. The number of hydrogen-bond donors (Lipinski definition) is 4. The normalized spacial score (nSPS) is 20.2. The number of esters is 1. The van der Waals surface area contributed by atoms with Gasteiger partial charge in [-0.25, -0.2) is 4.98 Å². The number of allylic oxidation sites excluding steroid dienone is 2. The molecule has 302 valence electrons. The molecule has 14 nitrogen and oxygen atoms in total. The molecule has 2 aromatic heterocycles. The number of amides is 3. The van der Waals surface area contributed by atoms with E-state index in [0.29, 0.717) is 36.8 Å². The number of rotatable bonds is 14. The summed E-state index contributed by atoms with van der Waals surface area (Å²) in [6.45, 7) is 8.39. The Morgan fingerprint density at radius 2 is 1.58 bits per heavy atom. The number of ketones is 1. The van der Waals surface area contributed by atoms with Crippen molar-refractivity contribution in [2.24, 2.45) is 28.7 Å². The van der Waals surface area contributed by atoms with Crippen LogP contribution in [0.15, 0.2) is 46.7 Å². The Balaban J connectivity index is 0.977. The number of Topliss-reactive ketones (excluding diaryl/α,β-unsaturated/α-hetero) is 1. The fraction of sp³-hybridized carbons (Fsp3) is 0.512. The van der Waals surface area contributed by atoms with Crippen molar-refractivity contribution in [2.75, 3.05) is 32.1 Å². The highest BCUT2D eigenvalue weighted by atomic mass is 16.5. The molecule has 2 saturated heterocycles. The van der Waals surface area contributed by atoms with Gasteiger partial charge in [0.25, 0.3) is 5.91 Å². The summed E-state index contributed by atoms with van der Waals surface area (Å²) in [5.41, 5.74) is 6.76. The van der Waals surface area contributed by atoms with Crippen LogP contribution in [-0.4, -0.2) is 97.9 Å². The van der Waals surface area contributed by atoms with Gasteiger partial charge in [-0.3, -0.25) is 29.0 Å². The number of aliphatic hydroxyl groups is 1. The Labute approximate surface area is 332 Å². The quantitative estimate of drug-likeness (QED) is 0.154. The summed E-state index contributed by atoms with van der Waals surface area (Å²) in [5, 5.41) is 13.1. The third-order valence-electron chi connectivity index (χ3n) is 12.1. The zero-order valence-electron chi connectivity index (χ0n) is 33.4. The monoisotopic (exact) mass is 779 g/mol. The molecule has 4 atom stereocenters. The van der Waals surface area contributed by atoms with E-state index in [0.717, 1.165) is 65.4 Å². The van der Waals surface area contributed by atoms with Crippen molar-refractivity contribution in [3.63, 3.8) is 0 Å². The summed E-state index contributed by atoms with van der Waals surface area (Å²) < 4.78 is 4.84. The first-order valence-corrected chi connectivity index (χ1v) is 20.1. The van der Waals surface area contributed by atoms with Gasteiger partial charge < -0.3 is 34.9 Å². The summed E-state index contributed by atoms with van der Waals surface area (Å²) >= 11 is 0. The van der Waals surface area contributed by atoms with Gasteiger partial charge in [-0.15, -0.1) is 0 Å². The molecule has 2 fully saturated rings. The number of anilines is 1. The van der Waals surface area contributed by atoms with Gasteiger partial charge in [0.15, 0.2) is 5.78 Å². The molecule has 3 unspecified atom stereocenters. The van der Waals surface area contributed by atoms with E-state index < -0.39 is 24.4 Å². The average molecular weight is 780 g/mol. The van der Waals surface area contributed by atoms with E-state index in [4.69, 9.17) is 9.73 Å². The molecule has 0 bridgehead atoms.